The number of aromatic nitrogens is 2. The molecule has 0 saturated carbocycles. The number of nitrogens with zero attached hydrogens (tertiary/aromatic N) is 4. The number of piperidine rings is 1. The van der Waals surface area contributed by atoms with Gasteiger partial charge in [0.15, 0.2) is 0 Å². The molecule has 180 valence electrons. The summed E-state index contributed by atoms with van der Waals surface area (Å²) < 4.78 is 5.56. The monoisotopic (exact) mass is 474 g/mol. The third-order valence-electron chi connectivity index (χ3n) is 6.19. The molecule has 3 rings (SSSR count). The van der Waals surface area contributed by atoms with Crippen LogP contribution in [0.25, 0.3) is 11.4 Å². The lowest BCUT2D eigenvalue weighted by molar-refractivity contribution is -0.143. The summed E-state index contributed by atoms with van der Waals surface area (Å²) in [5.41, 5.74) is 0.771. The molecule has 2 aromatic rings. The smallest absolute Gasteiger partial charge is 0.249 e. The molecule has 1 unspecified atom stereocenters. The highest BCUT2D eigenvalue weighted by Crippen LogP contribution is 2.31. The Morgan fingerprint density at radius 3 is 2.76 bits per heavy atom. The van der Waals surface area contributed by atoms with Crippen LogP contribution in [0.5, 0.6) is 0 Å². The summed E-state index contributed by atoms with van der Waals surface area (Å²) >= 11 is 6.09. The van der Waals surface area contributed by atoms with Crippen molar-refractivity contribution in [3.05, 3.63) is 35.2 Å². The Labute approximate surface area is 201 Å². The molecule has 0 bridgehead atoms. The number of amides is 2. The van der Waals surface area contributed by atoms with E-state index in [2.05, 4.69) is 17.1 Å². The van der Waals surface area contributed by atoms with E-state index in [0.29, 0.717) is 36.2 Å². The molecule has 1 aliphatic rings. The maximum absolute atomic E-state index is 13.2. The summed E-state index contributed by atoms with van der Waals surface area (Å²) in [5.74, 6) is 0.877. The molecule has 7 nitrogen and oxygen atoms in total. The van der Waals surface area contributed by atoms with Crippen molar-refractivity contribution in [1.82, 2.24) is 19.9 Å². The van der Waals surface area contributed by atoms with Crippen molar-refractivity contribution in [1.29, 1.82) is 0 Å². The van der Waals surface area contributed by atoms with Crippen molar-refractivity contribution in [3.8, 4) is 11.4 Å². The normalized spacial score (nSPS) is 16.1. The number of benzene rings is 1. The highest BCUT2D eigenvalue weighted by Gasteiger charge is 2.33. The lowest BCUT2D eigenvalue weighted by Gasteiger charge is -2.35. The molecule has 1 atom stereocenters. The number of carbonyl (C=O) groups excluding carboxylic acids is 2. The van der Waals surface area contributed by atoms with E-state index in [0.717, 1.165) is 44.1 Å². The van der Waals surface area contributed by atoms with Crippen LogP contribution in [0.2, 0.25) is 5.02 Å². The van der Waals surface area contributed by atoms with Crippen molar-refractivity contribution in [2.45, 2.75) is 77.7 Å². The molecule has 0 radical (unpaired) electrons. The largest absolute Gasteiger partial charge is 0.337 e. The number of likely N-dealkylation sites (N-methyl/N-ethyl adjacent to an activating group) is 1. The van der Waals surface area contributed by atoms with Gasteiger partial charge in [-0.2, -0.15) is 4.98 Å². The van der Waals surface area contributed by atoms with Gasteiger partial charge in [-0.25, -0.2) is 0 Å². The summed E-state index contributed by atoms with van der Waals surface area (Å²) in [7, 11) is 0. The first kappa shape index (κ1) is 25.2. The maximum atomic E-state index is 13.2. The zero-order valence-electron chi connectivity index (χ0n) is 19.8. The number of hydrogen-bond donors (Lipinski definition) is 0. The molecule has 0 N–H and O–H groups in total. The van der Waals surface area contributed by atoms with Crippen LogP contribution in [-0.2, 0) is 9.59 Å². The van der Waals surface area contributed by atoms with Crippen molar-refractivity contribution in [3.63, 3.8) is 0 Å². The molecule has 8 heteroatoms. The SMILES string of the molecule is CCCCCCCC(=O)N(CC)CC(=O)N1CCCCC1c1nc(-c2cccc(Cl)c2)no1. The van der Waals surface area contributed by atoms with Crippen LogP contribution < -0.4 is 0 Å². The second kappa shape index (κ2) is 12.7. The van der Waals surface area contributed by atoms with Crippen LogP contribution >= 0.6 is 11.6 Å². The van der Waals surface area contributed by atoms with Crippen molar-refractivity contribution in [2.24, 2.45) is 0 Å². The van der Waals surface area contributed by atoms with Gasteiger partial charge in [0, 0.05) is 30.1 Å². The van der Waals surface area contributed by atoms with Gasteiger partial charge in [-0.1, -0.05) is 61.5 Å². The van der Waals surface area contributed by atoms with Gasteiger partial charge in [0.25, 0.3) is 0 Å². The topological polar surface area (TPSA) is 79.5 Å². The third-order valence-corrected chi connectivity index (χ3v) is 6.42. The molecular weight excluding hydrogens is 440 g/mol. The number of carbonyl (C=O) groups is 2. The quantitative estimate of drug-likeness (QED) is 0.393. The summed E-state index contributed by atoms with van der Waals surface area (Å²) in [4.78, 5) is 33.9. The number of halogens is 1. The number of rotatable bonds is 11. The number of unbranched alkanes of at least 4 members (excludes halogenated alkanes) is 4. The summed E-state index contributed by atoms with van der Waals surface area (Å²) in [6, 6.07) is 7.02. The van der Waals surface area contributed by atoms with E-state index in [1.54, 1.807) is 21.9 Å². The Morgan fingerprint density at radius 2 is 2.00 bits per heavy atom. The highest BCUT2D eigenvalue weighted by molar-refractivity contribution is 6.30. The molecule has 2 heterocycles. The van der Waals surface area contributed by atoms with Crippen LogP contribution in [0, 0.1) is 0 Å². The zero-order valence-corrected chi connectivity index (χ0v) is 20.5. The minimum atomic E-state index is -0.269. The fraction of sp³-hybridized carbons (Fsp3) is 0.600. The average Bonchev–Trinajstić information content (AvgIpc) is 3.32. The molecule has 1 saturated heterocycles. The third kappa shape index (κ3) is 7.03. The van der Waals surface area contributed by atoms with Crippen LogP contribution in [-0.4, -0.2) is 51.4 Å². The molecule has 33 heavy (non-hydrogen) atoms. The standard InChI is InChI=1S/C25H35ClN4O3/c1-3-5-6-7-8-15-22(31)29(4-2)18-23(32)30-16-10-9-14-21(30)25-27-24(28-33-25)19-12-11-13-20(26)17-19/h11-13,17,21H,3-10,14-16,18H2,1-2H3. The van der Waals surface area contributed by atoms with Crippen LogP contribution in [0.4, 0.5) is 0 Å². The first-order valence-electron chi connectivity index (χ1n) is 12.2. The fourth-order valence-electron chi connectivity index (χ4n) is 4.27. The van der Waals surface area contributed by atoms with E-state index in [1.165, 1.54) is 12.8 Å². The molecule has 1 aromatic carbocycles. The number of likely N-dealkylation sites (tertiary alicyclic amines) is 1. The van der Waals surface area contributed by atoms with Gasteiger partial charge in [0.2, 0.25) is 23.5 Å². The van der Waals surface area contributed by atoms with E-state index in [1.807, 2.05) is 19.1 Å². The lowest BCUT2D eigenvalue weighted by atomic mass is 10.0. The van der Waals surface area contributed by atoms with Crippen LogP contribution in [0.1, 0.15) is 83.6 Å². The Balaban J connectivity index is 1.63. The molecule has 1 aliphatic heterocycles. The minimum Gasteiger partial charge on any atom is -0.337 e. The van der Waals surface area contributed by atoms with Gasteiger partial charge in [0.1, 0.15) is 6.04 Å². The fourth-order valence-corrected chi connectivity index (χ4v) is 4.46. The summed E-state index contributed by atoms with van der Waals surface area (Å²) in [5, 5.41) is 4.71. The second-order valence-electron chi connectivity index (χ2n) is 8.64. The molecular formula is C25H35ClN4O3. The van der Waals surface area contributed by atoms with Gasteiger partial charge >= 0.3 is 0 Å². The summed E-state index contributed by atoms with van der Waals surface area (Å²) in [6.07, 6.45) is 8.66. The predicted molar refractivity (Wildman–Crippen MR) is 129 cm³/mol. The molecule has 0 spiro atoms. The Kier molecular flexibility index (Phi) is 9.73. The molecule has 1 aromatic heterocycles. The average molecular weight is 475 g/mol. The van der Waals surface area contributed by atoms with Crippen molar-refractivity contribution < 1.29 is 14.1 Å². The first-order valence-corrected chi connectivity index (χ1v) is 12.6. The van der Waals surface area contributed by atoms with E-state index >= 15 is 0 Å². The Hall–Kier alpha value is -2.41. The first-order chi connectivity index (χ1) is 16.0. The molecule has 2 amide bonds. The van der Waals surface area contributed by atoms with Gasteiger partial charge in [0.05, 0.1) is 6.54 Å². The minimum absolute atomic E-state index is 0.0527. The summed E-state index contributed by atoms with van der Waals surface area (Å²) in [6.45, 7) is 5.34. The van der Waals surface area contributed by atoms with Crippen LogP contribution in [0.15, 0.2) is 28.8 Å². The van der Waals surface area contributed by atoms with E-state index in [4.69, 9.17) is 16.1 Å². The predicted octanol–water partition coefficient (Wildman–Crippen LogP) is 5.65. The van der Waals surface area contributed by atoms with Gasteiger partial charge in [-0.3, -0.25) is 9.59 Å². The molecule has 0 aliphatic carbocycles. The maximum Gasteiger partial charge on any atom is 0.249 e. The van der Waals surface area contributed by atoms with E-state index in [9.17, 15) is 9.59 Å². The van der Waals surface area contributed by atoms with Gasteiger partial charge < -0.3 is 14.3 Å². The van der Waals surface area contributed by atoms with Crippen molar-refractivity contribution >= 4 is 23.4 Å². The van der Waals surface area contributed by atoms with Crippen LogP contribution in [0.3, 0.4) is 0 Å². The highest BCUT2D eigenvalue weighted by atomic mass is 35.5. The molecule has 1 fully saturated rings. The van der Waals surface area contributed by atoms with Crippen molar-refractivity contribution in [2.75, 3.05) is 19.6 Å². The Morgan fingerprint density at radius 1 is 1.18 bits per heavy atom. The second-order valence-corrected chi connectivity index (χ2v) is 9.07. The van der Waals surface area contributed by atoms with E-state index in [-0.39, 0.29) is 24.4 Å². The number of hydrogen-bond acceptors (Lipinski definition) is 5. The van der Waals surface area contributed by atoms with Gasteiger partial charge in [-0.05, 0) is 44.7 Å². The zero-order chi connectivity index (χ0) is 23.6. The van der Waals surface area contributed by atoms with E-state index < -0.39 is 0 Å². The Bertz CT molecular complexity index is 917. The van der Waals surface area contributed by atoms with Gasteiger partial charge in [-0.15, -0.1) is 0 Å². The lowest BCUT2D eigenvalue weighted by Crippen LogP contribution is -2.46.